The average molecular weight is 381 g/mol. The summed E-state index contributed by atoms with van der Waals surface area (Å²) in [6, 6.07) is 0. The van der Waals surface area contributed by atoms with Crippen LogP contribution in [-0.4, -0.2) is 28.1 Å². The number of carboxylic acid groups (broad SMARTS) is 1. The Bertz CT molecular complexity index is 444. The number of ketones is 1. The maximum Gasteiger partial charge on any atom is 0.303 e. The van der Waals surface area contributed by atoms with Gasteiger partial charge in [0, 0.05) is 18.8 Å². The number of hydrogen-bond acceptors (Lipinski definition) is 3. The monoisotopic (exact) mass is 380 g/mol. The van der Waals surface area contributed by atoms with Crippen LogP contribution < -0.4 is 0 Å². The van der Waals surface area contributed by atoms with Gasteiger partial charge in [0.05, 0.1) is 6.10 Å². The third-order valence-electron chi connectivity index (χ3n) is 5.74. The van der Waals surface area contributed by atoms with E-state index in [4.69, 9.17) is 5.11 Å². The lowest BCUT2D eigenvalue weighted by atomic mass is 9.89. The predicted molar refractivity (Wildman–Crippen MR) is 110 cm³/mol. The smallest absolute Gasteiger partial charge is 0.303 e. The topological polar surface area (TPSA) is 74.6 Å². The molecule has 0 aliphatic heterocycles. The molecule has 4 nitrogen and oxygen atoms in total. The maximum atomic E-state index is 12.2. The summed E-state index contributed by atoms with van der Waals surface area (Å²) in [5.41, 5.74) is 0. The van der Waals surface area contributed by atoms with E-state index in [2.05, 4.69) is 13.0 Å². The van der Waals surface area contributed by atoms with Crippen molar-refractivity contribution in [3.63, 3.8) is 0 Å². The van der Waals surface area contributed by atoms with Crippen molar-refractivity contribution < 1.29 is 19.8 Å². The SMILES string of the molecule is CCCCC[C@H](O)/C=C/[C@H]1CCC(=O)[C@@H]1CCCCCCCCCC(=O)O. The summed E-state index contributed by atoms with van der Waals surface area (Å²) < 4.78 is 0. The number of aliphatic hydroxyl groups is 1. The first-order valence-electron chi connectivity index (χ1n) is 11.2. The van der Waals surface area contributed by atoms with Crippen LogP contribution in [0.1, 0.15) is 103 Å². The van der Waals surface area contributed by atoms with Crippen LogP contribution in [0.2, 0.25) is 0 Å². The van der Waals surface area contributed by atoms with Gasteiger partial charge in [-0.05, 0) is 31.6 Å². The molecule has 0 heterocycles. The van der Waals surface area contributed by atoms with Gasteiger partial charge in [-0.3, -0.25) is 9.59 Å². The van der Waals surface area contributed by atoms with Crippen LogP contribution in [0, 0.1) is 11.8 Å². The van der Waals surface area contributed by atoms with Crippen molar-refractivity contribution in [1.82, 2.24) is 0 Å². The molecule has 3 atom stereocenters. The maximum absolute atomic E-state index is 12.2. The van der Waals surface area contributed by atoms with Gasteiger partial charge in [-0.1, -0.05) is 76.9 Å². The number of unbranched alkanes of at least 4 members (excludes halogenated alkanes) is 8. The fourth-order valence-corrected chi connectivity index (χ4v) is 4.03. The van der Waals surface area contributed by atoms with E-state index in [9.17, 15) is 14.7 Å². The van der Waals surface area contributed by atoms with Crippen molar-refractivity contribution in [3.05, 3.63) is 12.2 Å². The van der Waals surface area contributed by atoms with E-state index in [1.807, 2.05) is 6.08 Å². The molecule has 1 fully saturated rings. The summed E-state index contributed by atoms with van der Waals surface area (Å²) in [5.74, 6) is 0.168. The van der Waals surface area contributed by atoms with Gasteiger partial charge in [-0.25, -0.2) is 0 Å². The average Bonchev–Trinajstić information content (AvgIpc) is 2.98. The highest BCUT2D eigenvalue weighted by molar-refractivity contribution is 5.83. The molecule has 0 saturated heterocycles. The highest BCUT2D eigenvalue weighted by atomic mass is 16.4. The van der Waals surface area contributed by atoms with Gasteiger partial charge in [-0.2, -0.15) is 0 Å². The van der Waals surface area contributed by atoms with Gasteiger partial charge in [-0.15, -0.1) is 0 Å². The van der Waals surface area contributed by atoms with Crippen molar-refractivity contribution in [3.8, 4) is 0 Å². The van der Waals surface area contributed by atoms with Gasteiger partial charge in [0.2, 0.25) is 0 Å². The minimum absolute atomic E-state index is 0.152. The van der Waals surface area contributed by atoms with Crippen molar-refractivity contribution in [2.75, 3.05) is 0 Å². The fraction of sp³-hybridized carbons (Fsp3) is 0.826. The summed E-state index contributed by atoms with van der Waals surface area (Å²) in [6.45, 7) is 2.16. The van der Waals surface area contributed by atoms with Crippen LogP contribution in [0.15, 0.2) is 12.2 Å². The Hall–Kier alpha value is -1.16. The molecule has 0 aromatic heterocycles. The number of carbonyl (C=O) groups is 2. The van der Waals surface area contributed by atoms with E-state index in [0.717, 1.165) is 77.0 Å². The Morgan fingerprint density at radius 2 is 1.74 bits per heavy atom. The normalized spacial score (nSPS) is 21.2. The van der Waals surface area contributed by atoms with E-state index in [1.165, 1.54) is 6.42 Å². The first-order chi connectivity index (χ1) is 13.0. The molecule has 0 bridgehead atoms. The zero-order valence-electron chi connectivity index (χ0n) is 17.2. The second-order valence-electron chi connectivity index (χ2n) is 8.13. The van der Waals surface area contributed by atoms with Gasteiger partial charge < -0.3 is 10.2 Å². The van der Waals surface area contributed by atoms with E-state index in [1.54, 1.807) is 0 Å². The summed E-state index contributed by atoms with van der Waals surface area (Å²) >= 11 is 0. The summed E-state index contributed by atoms with van der Waals surface area (Å²) in [6.07, 6.45) is 18.2. The number of allylic oxidation sites excluding steroid dienone is 1. The zero-order valence-corrected chi connectivity index (χ0v) is 17.2. The predicted octanol–water partition coefficient (Wildman–Crippen LogP) is 5.67. The number of aliphatic hydroxyl groups excluding tert-OH is 1. The second-order valence-corrected chi connectivity index (χ2v) is 8.13. The third kappa shape index (κ3) is 11.3. The molecule has 27 heavy (non-hydrogen) atoms. The molecule has 1 aliphatic carbocycles. The van der Waals surface area contributed by atoms with E-state index in [-0.39, 0.29) is 18.4 Å². The molecule has 1 saturated carbocycles. The van der Waals surface area contributed by atoms with Gasteiger partial charge in [0.25, 0.3) is 0 Å². The molecule has 0 amide bonds. The molecule has 1 aliphatic rings. The van der Waals surface area contributed by atoms with Crippen LogP contribution in [0.25, 0.3) is 0 Å². The first kappa shape index (κ1) is 23.9. The van der Waals surface area contributed by atoms with E-state index < -0.39 is 5.97 Å². The number of carboxylic acids is 1. The summed E-state index contributed by atoms with van der Waals surface area (Å²) in [5, 5.41) is 18.7. The highest BCUT2D eigenvalue weighted by Gasteiger charge is 2.32. The van der Waals surface area contributed by atoms with Crippen LogP contribution in [0.5, 0.6) is 0 Å². The van der Waals surface area contributed by atoms with Crippen molar-refractivity contribution >= 4 is 11.8 Å². The number of hydrogen-bond donors (Lipinski definition) is 2. The van der Waals surface area contributed by atoms with Crippen molar-refractivity contribution in [2.24, 2.45) is 11.8 Å². The minimum Gasteiger partial charge on any atom is -0.481 e. The van der Waals surface area contributed by atoms with Gasteiger partial charge in [0.15, 0.2) is 0 Å². The van der Waals surface area contributed by atoms with E-state index >= 15 is 0 Å². The van der Waals surface area contributed by atoms with Crippen LogP contribution in [0.4, 0.5) is 0 Å². The molecule has 0 aromatic carbocycles. The molecule has 0 spiro atoms. The van der Waals surface area contributed by atoms with Crippen LogP contribution in [0.3, 0.4) is 0 Å². The summed E-state index contributed by atoms with van der Waals surface area (Å²) in [4.78, 5) is 22.6. The molecular formula is C23H40O4. The first-order valence-corrected chi connectivity index (χ1v) is 11.2. The highest BCUT2D eigenvalue weighted by Crippen LogP contribution is 2.34. The quantitative estimate of drug-likeness (QED) is 0.267. The minimum atomic E-state index is -0.701. The number of aliphatic carboxylic acids is 1. The third-order valence-corrected chi connectivity index (χ3v) is 5.74. The lowest BCUT2D eigenvalue weighted by Gasteiger charge is -2.15. The van der Waals surface area contributed by atoms with Crippen molar-refractivity contribution in [1.29, 1.82) is 0 Å². The molecule has 0 unspecified atom stereocenters. The number of Topliss-reactive ketones (excluding diaryl/α,β-unsaturated/α-hetero) is 1. The Kier molecular flexibility index (Phi) is 13.1. The second kappa shape index (κ2) is 14.8. The standard InChI is InChI=1S/C23H40O4/c1-2-3-9-12-20(24)17-15-19-16-18-22(25)21(19)13-10-7-5-4-6-8-11-14-23(26)27/h15,17,19-21,24H,2-14,16,18H2,1H3,(H,26,27)/b17-15+/t19-,20-,21+/m0/s1. The lowest BCUT2D eigenvalue weighted by molar-refractivity contribution is -0.137. The Labute approximate surface area is 165 Å². The largest absolute Gasteiger partial charge is 0.481 e. The zero-order chi connectivity index (χ0) is 19.9. The molecular weight excluding hydrogens is 340 g/mol. The van der Waals surface area contributed by atoms with Crippen LogP contribution >= 0.6 is 0 Å². The molecule has 1 rings (SSSR count). The number of carbonyl (C=O) groups excluding carboxylic acids is 1. The molecule has 4 heteroatoms. The van der Waals surface area contributed by atoms with E-state index in [0.29, 0.717) is 18.1 Å². The van der Waals surface area contributed by atoms with Gasteiger partial charge >= 0.3 is 5.97 Å². The summed E-state index contributed by atoms with van der Waals surface area (Å²) in [7, 11) is 0. The molecule has 0 aromatic rings. The molecule has 156 valence electrons. The Balaban J connectivity index is 2.16. The van der Waals surface area contributed by atoms with Gasteiger partial charge in [0.1, 0.15) is 5.78 Å². The molecule has 2 N–H and O–H groups in total. The fourth-order valence-electron chi connectivity index (χ4n) is 4.03. The molecule has 0 radical (unpaired) electrons. The Morgan fingerprint density at radius 1 is 1.07 bits per heavy atom. The lowest BCUT2D eigenvalue weighted by Crippen LogP contribution is -2.14. The Morgan fingerprint density at radius 3 is 2.41 bits per heavy atom. The van der Waals surface area contributed by atoms with Crippen LogP contribution in [-0.2, 0) is 9.59 Å². The number of rotatable bonds is 16. The van der Waals surface area contributed by atoms with Crippen molar-refractivity contribution in [2.45, 2.75) is 109 Å².